The fourth-order valence-electron chi connectivity index (χ4n) is 2.81. The van der Waals surface area contributed by atoms with Gasteiger partial charge in [-0.1, -0.05) is 12.1 Å². The van der Waals surface area contributed by atoms with Crippen LogP contribution in [-0.4, -0.2) is 41.9 Å². The van der Waals surface area contributed by atoms with Crippen molar-refractivity contribution in [3.05, 3.63) is 39.9 Å². The lowest BCUT2D eigenvalue weighted by atomic mass is 9.95. The summed E-state index contributed by atoms with van der Waals surface area (Å²) in [4.78, 5) is 24.4. The second-order valence-electron chi connectivity index (χ2n) is 5.68. The van der Waals surface area contributed by atoms with Gasteiger partial charge >= 0.3 is 0 Å². The number of amides is 1. The molecule has 6 nitrogen and oxygen atoms in total. The van der Waals surface area contributed by atoms with Gasteiger partial charge in [0.2, 0.25) is 5.91 Å². The van der Waals surface area contributed by atoms with Gasteiger partial charge in [-0.05, 0) is 44.8 Å². The Kier molecular flexibility index (Phi) is 5.89. The number of non-ortho nitro benzene ring substituents is 1. The molecule has 120 valence electrons. The molecule has 2 rings (SSSR count). The van der Waals surface area contributed by atoms with E-state index in [1.165, 1.54) is 0 Å². The summed E-state index contributed by atoms with van der Waals surface area (Å²) < 4.78 is 0. The van der Waals surface area contributed by atoms with E-state index in [1.54, 1.807) is 12.1 Å². The van der Waals surface area contributed by atoms with Crippen molar-refractivity contribution >= 4 is 11.6 Å². The van der Waals surface area contributed by atoms with E-state index < -0.39 is 0 Å². The van der Waals surface area contributed by atoms with Crippen molar-refractivity contribution in [2.45, 2.75) is 26.2 Å². The molecule has 0 radical (unpaired) electrons. The number of likely N-dealkylation sites (tertiary alicyclic amines) is 1. The predicted octanol–water partition coefficient (Wildman–Crippen LogP) is 1.99. The zero-order valence-corrected chi connectivity index (χ0v) is 13.0. The van der Waals surface area contributed by atoms with Gasteiger partial charge in [0.1, 0.15) is 0 Å². The third kappa shape index (κ3) is 4.53. The van der Waals surface area contributed by atoms with Crippen LogP contribution in [-0.2, 0) is 11.2 Å². The first kappa shape index (κ1) is 16.4. The van der Waals surface area contributed by atoms with E-state index in [9.17, 15) is 14.9 Å². The maximum absolute atomic E-state index is 11.8. The molecule has 0 aliphatic carbocycles. The molecular formula is C16H23N3O3. The first-order chi connectivity index (χ1) is 10.6. The van der Waals surface area contributed by atoms with E-state index in [4.69, 9.17) is 0 Å². The number of piperidine rings is 1. The summed E-state index contributed by atoms with van der Waals surface area (Å²) >= 11 is 0. The molecule has 0 spiro atoms. The molecule has 0 unspecified atom stereocenters. The maximum Gasteiger partial charge on any atom is 0.269 e. The first-order valence-electron chi connectivity index (χ1n) is 7.83. The summed E-state index contributed by atoms with van der Waals surface area (Å²) in [6.07, 6.45) is 2.70. The Morgan fingerprint density at radius 2 is 1.95 bits per heavy atom. The fraction of sp³-hybridized carbons (Fsp3) is 0.562. The van der Waals surface area contributed by atoms with Crippen LogP contribution in [0.3, 0.4) is 0 Å². The van der Waals surface area contributed by atoms with Crippen LogP contribution in [0.5, 0.6) is 0 Å². The SMILES string of the molecule is CCNC(=O)C1CCN(CCc2ccc([N+](=O)[O-])cc2)CC1. The monoisotopic (exact) mass is 305 g/mol. The van der Waals surface area contributed by atoms with Gasteiger partial charge in [0, 0.05) is 31.1 Å². The van der Waals surface area contributed by atoms with Crippen molar-refractivity contribution in [2.75, 3.05) is 26.2 Å². The third-order valence-electron chi connectivity index (χ3n) is 4.17. The van der Waals surface area contributed by atoms with Crippen molar-refractivity contribution < 1.29 is 9.72 Å². The Balaban J connectivity index is 1.74. The molecule has 1 aromatic rings. The fourth-order valence-corrected chi connectivity index (χ4v) is 2.81. The molecule has 0 aromatic heterocycles. The molecule has 1 aliphatic rings. The Hall–Kier alpha value is -1.95. The van der Waals surface area contributed by atoms with Crippen molar-refractivity contribution in [3.8, 4) is 0 Å². The lowest BCUT2D eigenvalue weighted by Gasteiger charge is -2.31. The van der Waals surface area contributed by atoms with Crippen LogP contribution >= 0.6 is 0 Å². The largest absolute Gasteiger partial charge is 0.356 e. The summed E-state index contributed by atoms with van der Waals surface area (Å²) in [6, 6.07) is 6.74. The Bertz CT molecular complexity index is 508. The van der Waals surface area contributed by atoms with E-state index in [2.05, 4.69) is 10.2 Å². The molecule has 0 bridgehead atoms. The lowest BCUT2D eigenvalue weighted by molar-refractivity contribution is -0.384. The smallest absolute Gasteiger partial charge is 0.269 e. The molecule has 1 N–H and O–H groups in total. The highest BCUT2D eigenvalue weighted by Gasteiger charge is 2.24. The van der Waals surface area contributed by atoms with E-state index in [-0.39, 0.29) is 22.4 Å². The predicted molar refractivity (Wildman–Crippen MR) is 84.6 cm³/mol. The van der Waals surface area contributed by atoms with E-state index in [0.29, 0.717) is 6.54 Å². The maximum atomic E-state index is 11.8. The van der Waals surface area contributed by atoms with E-state index in [0.717, 1.165) is 44.5 Å². The summed E-state index contributed by atoms with van der Waals surface area (Å²) in [6.45, 7) is 5.44. The molecule has 1 heterocycles. The van der Waals surface area contributed by atoms with Gasteiger partial charge in [0.15, 0.2) is 0 Å². The van der Waals surface area contributed by atoms with Crippen molar-refractivity contribution in [1.82, 2.24) is 10.2 Å². The number of nitrogens with one attached hydrogen (secondary N) is 1. The van der Waals surface area contributed by atoms with Gasteiger partial charge in [0.05, 0.1) is 4.92 Å². The van der Waals surface area contributed by atoms with E-state index >= 15 is 0 Å². The van der Waals surface area contributed by atoms with E-state index in [1.807, 2.05) is 19.1 Å². The van der Waals surface area contributed by atoms with Crippen LogP contribution in [0.2, 0.25) is 0 Å². The zero-order valence-electron chi connectivity index (χ0n) is 13.0. The summed E-state index contributed by atoms with van der Waals surface area (Å²) in [5.74, 6) is 0.327. The summed E-state index contributed by atoms with van der Waals surface area (Å²) in [5.41, 5.74) is 1.24. The van der Waals surface area contributed by atoms with Crippen LogP contribution < -0.4 is 5.32 Å². The second-order valence-corrected chi connectivity index (χ2v) is 5.68. The van der Waals surface area contributed by atoms with Crippen molar-refractivity contribution in [3.63, 3.8) is 0 Å². The average Bonchev–Trinajstić information content (AvgIpc) is 2.54. The van der Waals surface area contributed by atoms with Crippen molar-refractivity contribution in [1.29, 1.82) is 0 Å². The Morgan fingerprint density at radius 1 is 1.32 bits per heavy atom. The van der Waals surface area contributed by atoms with Crippen LogP contribution in [0.4, 0.5) is 5.69 Å². The molecule has 1 amide bonds. The summed E-state index contributed by atoms with van der Waals surface area (Å²) in [5, 5.41) is 13.5. The van der Waals surface area contributed by atoms with Gasteiger partial charge in [-0.3, -0.25) is 14.9 Å². The number of hydrogen-bond acceptors (Lipinski definition) is 4. The topological polar surface area (TPSA) is 75.5 Å². The molecule has 1 aliphatic heterocycles. The molecule has 0 atom stereocenters. The van der Waals surface area contributed by atoms with Gasteiger partial charge < -0.3 is 10.2 Å². The third-order valence-corrected chi connectivity index (χ3v) is 4.17. The number of hydrogen-bond donors (Lipinski definition) is 1. The number of carbonyl (C=O) groups is 1. The van der Waals surface area contributed by atoms with Gasteiger partial charge in [-0.25, -0.2) is 0 Å². The number of nitrogens with zero attached hydrogens (tertiary/aromatic N) is 2. The van der Waals surface area contributed by atoms with Crippen LogP contribution in [0.1, 0.15) is 25.3 Å². The number of carbonyl (C=O) groups excluding carboxylic acids is 1. The van der Waals surface area contributed by atoms with Crippen LogP contribution in [0, 0.1) is 16.0 Å². The molecule has 22 heavy (non-hydrogen) atoms. The minimum atomic E-state index is -0.379. The Morgan fingerprint density at radius 3 is 2.50 bits per heavy atom. The van der Waals surface area contributed by atoms with Crippen molar-refractivity contribution in [2.24, 2.45) is 5.92 Å². The zero-order chi connectivity index (χ0) is 15.9. The quantitative estimate of drug-likeness (QED) is 0.644. The number of nitro groups is 1. The normalized spacial score (nSPS) is 16.4. The molecule has 1 aromatic carbocycles. The minimum Gasteiger partial charge on any atom is -0.356 e. The molecule has 6 heteroatoms. The Labute approximate surface area is 130 Å². The second kappa shape index (κ2) is 7.89. The standard InChI is InChI=1S/C16H23N3O3/c1-2-17-16(20)14-8-11-18(12-9-14)10-7-13-3-5-15(6-4-13)19(21)22/h3-6,14H,2,7-12H2,1H3,(H,17,20). The first-order valence-corrected chi connectivity index (χ1v) is 7.83. The van der Waals surface area contributed by atoms with Gasteiger partial charge in [-0.15, -0.1) is 0 Å². The highest BCUT2D eigenvalue weighted by Crippen LogP contribution is 2.18. The van der Waals surface area contributed by atoms with Crippen LogP contribution in [0.25, 0.3) is 0 Å². The highest BCUT2D eigenvalue weighted by atomic mass is 16.6. The number of nitro benzene ring substituents is 1. The van der Waals surface area contributed by atoms with Gasteiger partial charge in [0.25, 0.3) is 5.69 Å². The van der Waals surface area contributed by atoms with Gasteiger partial charge in [-0.2, -0.15) is 0 Å². The number of rotatable bonds is 6. The average molecular weight is 305 g/mol. The molecular weight excluding hydrogens is 282 g/mol. The van der Waals surface area contributed by atoms with Crippen LogP contribution in [0.15, 0.2) is 24.3 Å². The minimum absolute atomic E-state index is 0.131. The summed E-state index contributed by atoms with van der Waals surface area (Å²) in [7, 11) is 0. The molecule has 1 fully saturated rings. The lowest BCUT2D eigenvalue weighted by Crippen LogP contribution is -2.41. The highest BCUT2D eigenvalue weighted by molar-refractivity contribution is 5.78. The number of benzene rings is 1. The molecule has 1 saturated heterocycles. The molecule has 0 saturated carbocycles.